The number of nitrogens with one attached hydrogen (secondary N) is 1. The van der Waals surface area contributed by atoms with Gasteiger partial charge in [-0.3, -0.25) is 19.0 Å². The van der Waals surface area contributed by atoms with Crippen molar-refractivity contribution in [3.8, 4) is 0 Å². The standard InChI is InChI=1S/C17H18FN3O3/c1-10-4-5-13(12(18)8-10)19-16-15-11(9-14(22)20(16)2)6-7-21(24-3)17(15)23/h4-5,8-9,19H,6-7H2,1-3H3. The van der Waals surface area contributed by atoms with Crippen LogP contribution in [0.2, 0.25) is 0 Å². The number of hydroxylamine groups is 2. The van der Waals surface area contributed by atoms with Gasteiger partial charge in [-0.2, -0.15) is 0 Å². The largest absolute Gasteiger partial charge is 0.338 e. The van der Waals surface area contributed by atoms with Crippen molar-refractivity contribution in [3.05, 3.63) is 57.1 Å². The fraction of sp³-hybridized carbons (Fsp3) is 0.294. The molecule has 3 rings (SSSR count). The predicted molar refractivity (Wildman–Crippen MR) is 87.9 cm³/mol. The minimum Gasteiger partial charge on any atom is -0.338 e. The lowest BCUT2D eigenvalue weighted by Gasteiger charge is -2.28. The SMILES string of the molecule is CON1CCc2cc(=O)n(C)c(Nc3ccc(C)cc3F)c2C1=O. The first-order chi connectivity index (χ1) is 11.4. The maximum Gasteiger partial charge on any atom is 0.281 e. The van der Waals surface area contributed by atoms with Crippen LogP contribution >= 0.6 is 0 Å². The zero-order valence-corrected chi connectivity index (χ0v) is 13.7. The van der Waals surface area contributed by atoms with Crippen molar-refractivity contribution < 1.29 is 14.0 Å². The molecule has 2 aromatic rings. The Morgan fingerprint density at radius 2 is 2.00 bits per heavy atom. The number of anilines is 2. The summed E-state index contributed by atoms with van der Waals surface area (Å²) in [5, 5.41) is 4.12. The van der Waals surface area contributed by atoms with Crippen LogP contribution in [0.5, 0.6) is 0 Å². The summed E-state index contributed by atoms with van der Waals surface area (Å²) in [6, 6.07) is 6.16. The lowest BCUT2D eigenvalue weighted by molar-refractivity contribution is -0.0967. The number of hydrogen-bond donors (Lipinski definition) is 1. The number of amides is 1. The van der Waals surface area contributed by atoms with Crippen LogP contribution in [0.1, 0.15) is 21.5 Å². The molecule has 6 nitrogen and oxygen atoms in total. The fourth-order valence-electron chi connectivity index (χ4n) is 2.80. The molecule has 0 aliphatic carbocycles. The number of nitrogens with zero attached hydrogens (tertiary/aromatic N) is 2. The predicted octanol–water partition coefficient (Wildman–Crippen LogP) is 2.14. The number of aryl methyl sites for hydroxylation is 1. The smallest absolute Gasteiger partial charge is 0.281 e. The molecule has 126 valence electrons. The molecule has 2 heterocycles. The van der Waals surface area contributed by atoms with E-state index in [9.17, 15) is 14.0 Å². The average molecular weight is 331 g/mol. The van der Waals surface area contributed by atoms with Gasteiger partial charge in [-0.05, 0) is 36.6 Å². The normalized spacial score (nSPS) is 13.8. The molecule has 1 amide bonds. The number of aromatic nitrogens is 1. The summed E-state index contributed by atoms with van der Waals surface area (Å²) in [7, 11) is 2.95. The number of fused-ring (bicyclic) bond motifs is 1. The molecule has 0 spiro atoms. The second-order valence-electron chi connectivity index (χ2n) is 5.74. The van der Waals surface area contributed by atoms with Crippen molar-refractivity contribution in [3.63, 3.8) is 0 Å². The second kappa shape index (κ2) is 6.09. The van der Waals surface area contributed by atoms with E-state index in [1.165, 1.54) is 35.9 Å². The number of benzene rings is 1. The Kier molecular flexibility index (Phi) is 4.11. The Labute approximate surface area is 138 Å². The highest BCUT2D eigenvalue weighted by atomic mass is 19.1. The van der Waals surface area contributed by atoms with Crippen molar-refractivity contribution in [1.29, 1.82) is 0 Å². The summed E-state index contributed by atoms with van der Waals surface area (Å²) < 4.78 is 15.5. The topological polar surface area (TPSA) is 63.6 Å². The Bertz CT molecular complexity index is 876. The molecular formula is C17H18FN3O3. The van der Waals surface area contributed by atoms with Crippen molar-refractivity contribution in [1.82, 2.24) is 9.63 Å². The van der Waals surface area contributed by atoms with Gasteiger partial charge in [-0.1, -0.05) is 6.07 Å². The molecule has 0 fully saturated rings. The van der Waals surface area contributed by atoms with Gasteiger partial charge >= 0.3 is 0 Å². The monoisotopic (exact) mass is 331 g/mol. The van der Waals surface area contributed by atoms with Crippen LogP contribution in [-0.4, -0.2) is 29.2 Å². The van der Waals surface area contributed by atoms with E-state index in [2.05, 4.69) is 5.32 Å². The molecule has 1 N–H and O–H groups in total. The lowest BCUT2D eigenvalue weighted by Crippen LogP contribution is -2.39. The highest BCUT2D eigenvalue weighted by Gasteiger charge is 2.30. The third-order valence-corrected chi connectivity index (χ3v) is 4.14. The molecule has 7 heteroatoms. The molecule has 0 radical (unpaired) electrons. The highest BCUT2D eigenvalue weighted by molar-refractivity contribution is 6.01. The number of pyridine rings is 1. The zero-order chi connectivity index (χ0) is 17.4. The van der Waals surface area contributed by atoms with Gasteiger partial charge in [0.05, 0.1) is 24.9 Å². The van der Waals surface area contributed by atoms with Crippen LogP contribution in [0.25, 0.3) is 0 Å². The molecule has 0 saturated heterocycles. The number of carbonyl (C=O) groups is 1. The summed E-state index contributed by atoms with van der Waals surface area (Å²) in [6.45, 7) is 2.15. The van der Waals surface area contributed by atoms with Crippen LogP contribution in [0, 0.1) is 12.7 Å². The summed E-state index contributed by atoms with van der Waals surface area (Å²) in [4.78, 5) is 29.9. The van der Waals surface area contributed by atoms with E-state index < -0.39 is 5.82 Å². The minimum atomic E-state index is -0.452. The molecule has 0 bridgehead atoms. The van der Waals surface area contributed by atoms with Gasteiger partial charge in [0.1, 0.15) is 11.6 Å². The second-order valence-corrected chi connectivity index (χ2v) is 5.74. The molecule has 1 aromatic carbocycles. The van der Waals surface area contributed by atoms with Crippen molar-refractivity contribution in [2.24, 2.45) is 7.05 Å². The Morgan fingerprint density at radius 1 is 1.25 bits per heavy atom. The summed E-state index contributed by atoms with van der Waals surface area (Å²) in [5.41, 5.74) is 1.68. The van der Waals surface area contributed by atoms with Crippen molar-refractivity contribution in [2.75, 3.05) is 19.0 Å². The van der Waals surface area contributed by atoms with E-state index >= 15 is 0 Å². The molecular weight excluding hydrogens is 313 g/mol. The van der Waals surface area contributed by atoms with Gasteiger partial charge in [-0.15, -0.1) is 0 Å². The first-order valence-electron chi connectivity index (χ1n) is 7.54. The fourth-order valence-corrected chi connectivity index (χ4v) is 2.80. The Morgan fingerprint density at radius 3 is 2.67 bits per heavy atom. The number of carbonyl (C=O) groups excluding carboxylic acids is 1. The van der Waals surface area contributed by atoms with Gasteiger partial charge in [0, 0.05) is 13.1 Å². The van der Waals surface area contributed by atoms with Gasteiger partial charge in [0.25, 0.3) is 11.5 Å². The first-order valence-corrected chi connectivity index (χ1v) is 7.54. The minimum absolute atomic E-state index is 0.200. The van der Waals surface area contributed by atoms with E-state index in [1.807, 2.05) is 0 Å². The quantitative estimate of drug-likeness (QED) is 0.936. The lowest BCUT2D eigenvalue weighted by atomic mass is 10.0. The molecule has 1 aliphatic heterocycles. The maximum atomic E-state index is 14.2. The van der Waals surface area contributed by atoms with Crippen LogP contribution in [-0.2, 0) is 18.3 Å². The molecule has 0 atom stereocenters. The highest BCUT2D eigenvalue weighted by Crippen LogP contribution is 2.28. The van der Waals surface area contributed by atoms with Crippen molar-refractivity contribution in [2.45, 2.75) is 13.3 Å². The van der Waals surface area contributed by atoms with E-state index in [1.54, 1.807) is 19.1 Å². The van der Waals surface area contributed by atoms with Gasteiger partial charge in [0.15, 0.2) is 0 Å². The number of halogens is 1. The Hall–Kier alpha value is -2.67. The Balaban J connectivity index is 2.15. The summed E-state index contributed by atoms with van der Waals surface area (Å²) in [6.07, 6.45) is 0.496. The third-order valence-electron chi connectivity index (χ3n) is 4.14. The van der Waals surface area contributed by atoms with E-state index in [4.69, 9.17) is 4.84 Å². The molecule has 0 unspecified atom stereocenters. The van der Waals surface area contributed by atoms with Crippen molar-refractivity contribution >= 4 is 17.4 Å². The third kappa shape index (κ3) is 2.67. The first kappa shape index (κ1) is 16.2. The van der Waals surface area contributed by atoms with Crippen LogP contribution in [0.4, 0.5) is 15.9 Å². The molecule has 24 heavy (non-hydrogen) atoms. The van der Waals surface area contributed by atoms with Gasteiger partial charge < -0.3 is 5.32 Å². The molecule has 1 aliphatic rings. The van der Waals surface area contributed by atoms with E-state index in [-0.39, 0.29) is 23.0 Å². The van der Waals surface area contributed by atoms with Gasteiger partial charge in [0.2, 0.25) is 0 Å². The molecule has 1 aromatic heterocycles. The summed E-state index contributed by atoms with van der Waals surface area (Å²) >= 11 is 0. The summed E-state index contributed by atoms with van der Waals surface area (Å²) in [5.74, 6) is -0.553. The zero-order valence-electron chi connectivity index (χ0n) is 13.7. The van der Waals surface area contributed by atoms with E-state index in [0.717, 1.165) is 5.56 Å². The maximum absolute atomic E-state index is 14.2. The number of rotatable bonds is 3. The van der Waals surface area contributed by atoms with E-state index in [0.29, 0.717) is 24.1 Å². The number of hydrogen-bond acceptors (Lipinski definition) is 4. The van der Waals surface area contributed by atoms with Crippen LogP contribution in [0.3, 0.4) is 0 Å². The average Bonchev–Trinajstić information content (AvgIpc) is 2.54. The van der Waals surface area contributed by atoms with Gasteiger partial charge in [-0.25, -0.2) is 9.45 Å². The molecule has 0 saturated carbocycles. The van der Waals surface area contributed by atoms with Crippen LogP contribution in [0.15, 0.2) is 29.1 Å². The van der Waals surface area contributed by atoms with Crippen LogP contribution < -0.4 is 10.9 Å².